The van der Waals surface area contributed by atoms with Crippen LogP contribution in [0.25, 0.3) is 0 Å². The Morgan fingerprint density at radius 3 is 3.08 bits per heavy atom. The van der Waals surface area contributed by atoms with Crippen LogP contribution in [-0.2, 0) is 17.9 Å². The molecular weight excluding hydrogens is 320 g/mol. The zero-order valence-electron chi connectivity index (χ0n) is 14.7. The van der Waals surface area contributed by atoms with Gasteiger partial charge < -0.3 is 14.2 Å². The first-order chi connectivity index (χ1) is 12.3. The van der Waals surface area contributed by atoms with Crippen molar-refractivity contribution in [2.45, 2.75) is 38.6 Å². The van der Waals surface area contributed by atoms with Crippen LogP contribution in [-0.4, -0.2) is 52.8 Å². The van der Waals surface area contributed by atoms with Crippen molar-refractivity contribution in [3.05, 3.63) is 35.7 Å². The SMILES string of the molecule is CCOc1ccc(CN2CCC3OCc4cnnn4C3C2)cc1OC. The van der Waals surface area contributed by atoms with Gasteiger partial charge in [0, 0.05) is 19.6 Å². The molecule has 2 aliphatic heterocycles. The van der Waals surface area contributed by atoms with E-state index in [-0.39, 0.29) is 12.1 Å². The number of ether oxygens (including phenoxy) is 3. The fourth-order valence-electron chi connectivity index (χ4n) is 3.73. The van der Waals surface area contributed by atoms with Crippen LogP contribution in [0.15, 0.2) is 24.4 Å². The Morgan fingerprint density at radius 1 is 1.32 bits per heavy atom. The highest BCUT2D eigenvalue weighted by atomic mass is 16.5. The molecule has 1 aromatic carbocycles. The first-order valence-electron chi connectivity index (χ1n) is 8.81. The van der Waals surface area contributed by atoms with Gasteiger partial charge >= 0.3 is 0 Å². The fourth-order valence-corrected chi connectivity index (χ4v) is 3.73. The summed E-state index contributed by atoms with van der Waals surface area (Å²) in [5.74, 6) is 1.58. The van der Waals surface area contributed by atoms with Crippen LogP contribution >= 0.6 is 0 Å². The molecule has 0 N–H and O–H groups in total. The molecule has 1 fully saturated rings. The number of hydrogen-bond donors (Lipinski definition) is 0. The van der Waals surface area contributed by atoms with Crippen LogP contribution in [0.1, 0.15) is 30.6 Å². The van der Waals surface area contributed by atoms with Crippen molar-refractivity contribution < 1.29 is 14.2 Å². The molecule has 0 aliphatic carbocycles. The van der Waals surface area contributed by atoms with E-state index >= 15 is 0 Å². The molecule has 7 heteroatoms. The zero-order chi connectivity index (χ0) is 17.2. The maximum atomic E-state index is 5.98. The van der Waals surface area contributed by atoms with Gasteiger partial charge in [0.2, 0.25) is 0 Å². The molecule has 4 rings (SSSR count). The van der Waals surface area contributed by atoms with Gasteiger partial charge in [0.15, 0.2) is 11.5 Å². The lowest BCUT2D eigenvalue weighted by atomic mass is 10.00. The van der Waals surface area contributed by atoms with Crippen LogP contribution < -0.4 is 9.47 Å². The normalized spacial score (nSPS) is 23.0. The van der Waals surface area contributed by atoms with Gasteiger partial charge in [-0.05, 0) is 31.0 Å². The lowest BCUT2D eigenvalue weighted by Crippen LogP contribution is -2.47. The predicted octanol–water partition coefficient (Wildman–Crippen LogP) is 2.03. The van der Waals surface area contributed by atoms with Crippen LogP contribution in [0.2, 0.25) is 0 Å². The molecule has 0 spiro atoms. The lowest BCUT2D eigenvalue weighted by molar-refractivity contribution is -0.0669. The molecule has 2 aliphatic rings. The smallest absolute Gasteiger partial charge is 0.161 e. The molecule has 3 heterocycles. The summed E-state index contributed by atoms with van der Waals surface area (Å²) in [4.78, 5) is 2.44. The summed E-state index contributed by atoms with van der Waals surface area (Å²) in [6, 6.07) is 6.40. The van der Waals surface area contributed by atoms with E-state index in [1.807, 2.05) is 17.7 Å². The van der Waals surface area contributed by atoms with E-state index in [1.165, 1.54) is 5.56 Å². The predicted molar refractivity (Wildman–Crippen MR) is 91.7 cm³/mol. The minimum Gasteiger partial charge on any atom is -0.493 e. The summed E-state index contributed by atoms with van der Waals surface area (Å²) in [7, 11) is 1.68. The first-order valence-corrected chi connectivity index (χ1v) is 8.81. The average molecular weight is 344 g/mol. The van der Waals surface area contributed by atoms with Gasteiger partial charge in [0.25, 0.3) is 0 Å². The number of piperidine rings is 1. The highest BCUT2D eigenvalue weighted by Gasteiger charge is 2.36. The topological polar surface area (TPSA) is 61.6 Å². The van der Waals surface area contributed by atoms with Gasteiger partial charge in [0.05, 0.1) is 44.4 Å². The number of nitrogens with zero attached hydrogens (tertiary/aromatic N) is 4. The number of methoxy groups -OCH3 is 1. The summed E-state index contributed by atoms with van der Waals surface area (Å²) >= 11 is 0. The summed E-state index contributed by atoms with van der Waals surface area (Å²) in [6.07, 6.45) is 3.05. The number of benzene rings is 1. The number of likely N-dealkylation sites (tertiary alicyclic amines) is 1. The first kappa shape index (κ1) is 16.4. The molecule has 0 amide bonds. The number of hydrogen-bond acceptors (Lipinski definition) is 6. The minimum atomic E-state index is 0.236. The second-order valence-corrected chi connectivity index (χ2v) is 6.53. The molecule has 134 valence electrons. The highest BCUT2D eigenvalue weighted by Crippen LogP contribution is 2.32. The average Bonchev–Trinajstić information content (AvgIpc) is 3.12. The molecule has 1 aromatic heterocycles. The van der Waals surface area contributed by atoms with Gasteiger partial charge in [-0.1, -0.05) is 11.3 Å². The molecule has 0 radical (unpaired) electrons. The third-order valence-electron chi connectivity index (χ3n) is 4.95. The van der Waals surface area contributed by atoms with Gasteiger partial charge in [-0.15, -0.1) is 5.10 Å². The minimum absolute atomic E-state index is 0.236. The third-order valence-corrected chi connectivity index (χ3v) is 4.95. The summed E-state index contributed by atoms with van der Waals surface area (Å²) in [6.45, 7) is 6.02. The van der Waals surface area contributed by atoms with Crippen molar-refractivity contribution >= 4 is 0 Å². The molecule has 2 atom stereocenters. The standard InChI is InChI=1S/C18H24N4O3/c1-3-24-17-5-4-13(8-18(17)23-2)10-21-7-6-16-15(11-21)22-14(12-25-16)9-19-20-22/h4-5,8-9,15-16H,3,6-7,10-12H2,1-2H3. The summed E-state index contributed by atoms with van der Waals surface area (Å²) < 4.78 is 19.1. The molecular formula is C18H24N4O3. The van der Waals surface area contributed by atoms with Crippen molar-refractivity contribution in [2.24, 2.45) is 0 Å². The van der Waals surface area contributed by atoms with E-state index in [4.69, 9.17) is 14.2 Å². The monoisotopic (exact) mass is 344 g/mol. The zero-order valence-corrected chi connectivity index (χ0v) is 14.7. The molecule has 7 nitrogen and oxygen atoms in total. The highest BCUT2D eigenvalue weighted by molar-refractivity contribution is 5.43. The number of rotatable bonds is 5. The Balaban J connectivity index is 1.47. The third kappa shape index (κ3) is 3.21. The van der Waals surface area contributed by atoms with E-state index in [0.29, 0.717) is 13.2 Å². The Hall–Kier alpha value is -2.12. The quantitative estimate of drug-likeness (QED) is 0.827. The van der Waals surface area contributed by atoms with Gasteiger partial charge in [-0.2, -0.15) is 0 Å². The summed E-state index contributed by atoms with van der Waals surface area (Å²) in [5, 5.41) is 8.30. The number of fused-ring (bicyclic) bond motifs is 3. The molecule has 2 unspecified atom stereocenters. The van der Waals surface area contributed by atoms with Crippen molar-refractivity contribution in [3.8, 4) is 11.5 Å². The van der Waals surface area contributed by atoms with E-state index < -0.39 is 0 Å². The fraction of sp³-hybridized carbons (Fsp3) is 0.556. The van der Waals surface area contributed by atoms with E-state index in [9.17, 15) is 0 Å². The van der Waals surface area contributed by atoms with Crippen molar-refractivity contribution in [3.63, 3.8) is 0 Å². The van der Waals surface area contributed by atoms with Crippen molar-refractivity contribution in [1.82, 2.24) is 19.9 Å². The van der Waals surface area contributed by atoms with E-state index in [2.05, 4.69) is 27.3 Å². The lowest BCUT2D eigenvalue weighted by Gasteiger charge is -2.41. The Morgan fingerprint density at radius 2 is 2.24 bits per heavy atom. The maximum absolute atomic E-state index is 5.98. The molecule has 0 saturated carbocycles. The van der Waals surface area contributed by atoms with Crippen LogP contribution in [0, 0.1) is 0 Å². The maximum Gasteiger partial charge on any atom is 0.161 e. The Labute approximate surface area is 147 Å². The molecule has 1 saturated heterocycles. The molecule has 25 heavy (non-hydrogen) atoms. The second-order valence-electron chi connectivity index (χ2n) is 6.53. The largest absolute Gasteiger partial charge is 0.493 e. The van der Waals surface area contributed by atoms with Gasteiger partial charge in [-0.3, -0.25) is 4.90 Å². The van der Waals surface area contributed by atoms with Crippen molar-refractivity contribution in [2.75, 3.05) is 26.8 Å². The van der Waals surface area contributed by atoms with Crippen molar-refractivity contribution in [1.29, 1.82) is 0 Å². The second kappa shape index (κ2) is 7.01. The summed E-state index contributed by atoms with van der Waals surface area (Å²) in [5.41, 5.74) is 2.28. The molecule has 2 aromatic rings. The number of aromatic nitrogens is 3. The van der Waals surface area contributed by atoms with Crippen LogP contribution in [0.4, 0.5) is 0 Å². The van der Waals surface area contributed by atoms with E-state index in [0.717, 1.165) is 43.2 Å². The Kier molecular flexibility index (Phi) is 4.59. The van der Waals surface area contributed by atoms with Crippen LogP contribution in [0.3, 0.4) is 0 Å². The van der Waals surface area contributed by atoms with E-state index in [1.54, 1.807) is 13.3 Å². The van der Waals surface area contributed by atoms with Gasteiger partial charge in [-0.25, -0.2) is 4.68 Å². The Bertz CT molecular complexity index is 733. The van der Waals surface area contributed by atoms with Crippen LogP contribution in [0.5, 0.6) is 11.5 Å². The molecule has 0 bridgehead atoms. The van der Waals surface area contributed by atoms with Gasteiger partial charge in [0.1, 0.15) is 0 Å².